The van der Waals surface area contributed by atoms with Crippen LogP contribution in [0.4, 0.5) is 0 Å². The second kappa shape index (κ2) is 5.46. The summed E-state index contributed by atoms with van der Waals surface area (Å²) in [4.78, 5) is 0. The quantitative estimate of drug-likeness (QED) is 0.582. The highest BCUT2D eigenvalue weighted by molar-refractivity contribution is 6.36. The standard InChI is InChI=1S/C6H10Cl2/c1-2-3-4-6(8)5-7/h5H,2-4H2,1H3. The Balaban J connectivity index is 3.12. The molecule has 0 bridgehead atoms. The normalized spacial score (nSPS) is 12.1. The summed E-state index contributed by atoms with van der Waals surface area (Å²) in [5, 5.41) is 0.758. The number of rotatable bonds is 3. The topological polar surface area (TPSA) is 0 Å². The molecule has 0 aromatic carbocycles. The molecular weight excluding hydrogens is 143 g/mol. The van der Waals surface area contributed by atoms with Gasteiger partial charge in [-0.25, -0.2) is 0 Å². The van der Waals surface area contributed by atoms with Gasteiger partial charge in [-0.2, -0.15) is 0 Å². The van der Waals surface area contributed by atoms with Crippen molar-refractivity contribution in [2.45, 2.75) is 26.2 Å². The zero-order chi connectivity index (χ0) is 6.41. The number of hydrogen-bond donors (Lipinski definition) is 0. The van der Waals surface area contributed by atoms with Gasteiger partial charge in [0.25, 0.3) is 0 Å². The van der Waals surface area contributed by atoms with Gasteiger partial charge >= 0.3 is 0 Å². The van der Waals surface area contributed by atoms with Gasteiger partial charge in [-0.3, -0.25) is 0 Å². The molecule has 0 saturated heterocycles. The second-order valence-corrected chi connectivity index (χ2v) is 2.36. The fourth-order valence-corrected chi connectivity index (χ4v) is 0.643. The molecule has 0 rings (SSSR count). The molecule has 0 aliphatic rings. The minimum absolute atomic E-state index is 0.758. The van der Waals surface area contributed by atoms with E-state index in [1.165, 1.54) is 12.0 Å². The van der Waals surface area contributed by atoms with Gasteiger partial charge in [0, 0.05) is 10.6 Å². The van der Waals surface area contributed by atoms with Crippen molar-refractivity contribution in [1.82, 2.24) is 0 Å². The molecule has 0 N–H and O–H groups in total. The zero-order valence-electron chi connectivity index (χ0n) is 4.95. The van der Waals surface area contributed by atoms with Crippen LogP contribution in [0.2, 0.25) is 0 Å². The third-order valence-corrected chi connectivity index (χ3v) is 1.56. The predicted molar refractivity (Wildman–Crippen MR) is 39.3 cm³/mol. The molecule has 0 aliphatic heterocycles. The fourth-order valence-electron chi connectivity index (χ4n) is 0.400. The summed E-state index contributed by atoms with van der Waals surface area (Å²) in [7, 11) is 0. The monoisotopic (exact) mass is 152 g/mol. The molecule has 2 heteroatoms. The average Bonchev–Trinajstić information content (AvgIpc) is 1.83. The maximum atomic E-state index is 5.57. The van der Waals surface area contributed by atoms with Crippen LogP contribution >= 0.6 is 23.2 Å². The summed E-state index contributed by atoms with van der Waals surface area (Å²) < 4.78 is 0. The van der Waals surface area contributed by atoms with E-state index in [4.69, 9.17) is 23.2 Å². The van der Waals surface area contributed by atoms with Gasteiger partial charge in [0.05, 0.1) is 0 Å². The Morgan fingerprint density at radius 3 is 2.62 bits per heavy atom. The smallest absolute Gasteiger partial charge is 0.0293 e. The van der Waals surface area contributed by atoms with Gasteiger partial charge in [0.15, 0.2) is 0 Å². The van der Waals surface area contributed by atoms with Crippen molar-refractivity contribution in [3.05, 3.63) is 10.6 Å². The molecule has 0 radical (unpaired) electrons. The fraction of sp³-hybridized carbons (Fsp3) is 0.667. The molecule has 0 amide bonds. The molecule has 0 heterocycles. The van der Waals surface area contributed by atoms with Gasteiger partial charge in [0.2, 0.25) is 0 Å². The lowest BCUT2D eigenvalue weighted by molar-refractivity contribution is 0.808. The van der Waals surface area contributed by atoms with E-state index < -0.39 is 0 Å². The minimum atomic E-state index is 0.758. The maximum absolute atomic E-state index is 5.57. The number of unbranched alkanes of at least 4 members (excludes halogenated alkanes) is 1. The first kappa shape index (κ1) is 8.32. The van der Waals surface area contributed by atoms with Crippen molar-refractivity contribution < 1.29 is 0 Å². The lowest BCUT2D eigenvalue weighted by Gasteiger charge is -1.91. The van der Waals surface area contributed by atoms with Crippen molar-refractivity contribution in [1.29, 1.82) is 0 Å². The minimum Gasteiger partial charge on any atom is -0.0917 e. The van der Waals surface area contributed by atoms with E-state index in [0.717, 1.165) is 17.9 Å². The van der Waals surface area contributed by atoms with E-state index >= 15 is 0 Å². The van der Waals surface area contributed by atoms with Crippen LogP contribution in [0.3, 0.4) is 0 Å². The van der Waals surface area contributed by atoms with Crippen LogP contribution in [0, 0.1) is 0 Å². The van der Waals surface area contributed by atoms with Gasteiger partial charge in [-0.15, -0.1) is 0 Å². The molecule has 0 aliphatic carbocycles. The Morgan fingerprint density at radius 2 is 2.25 bits per heavy atom. The molecule has 0 nitrogen and oxygen atoms in total. The SMILES string of the molecule is CCCCC(Cl)=CCl. The molecule has 0 fully saturated rings. The highest BCUT2D eigenvalue weighted by Gasteiger charge is 1.87. The zero-order valence-corrected chi connectivity index (χ0v) is 6.47. The third-order valence-electron chi connectivity index (χ3n) is 0.888. The van der Waals surface area contributed by atoms with E-state index in [1.54, 1.807) is 0 Å². The van der Waals surface area contributed by atoms with Crippen LogP contribution in [0.5, 0.6) is 0 Å². The molecule has 0 spiro atoms. The van der Waals surface area contributed by atoms with E-state index in [1.807, 2.05) is 0 Å². The van der Waals surface area contributed by atoms with Crippen LogP contribution in [-0.4, -0.2) is 0 Å². The summed E-state index contributed by atoms with van der Waals surface area (Å²) >= 11 is 10.9. The van der Waals surface area contributed by atoms with Crippen LogP contribution in [-0.2, 0) is 0 Å². The summed E-state index contributed by atoms with van der Waals surface area (Å²) in [6.07, 6.45) is 3.21. The Bertz CT molecular complexity index is 76.6. The summed E-state index contributed by atoms with van der Waals surface area (Å²) in [5.74, 6) is 0. The Morgan fingerprint density at radius 1 is 1.62 bits per heavy atom. The molecule has 48 valence electrons. The van der Waals surface area contributed by atoms with Gasteiger partial charge in [-0.1, -0.05) is 36.5 Å². The number of hydrogen-bond acceptors (Lipinski definition) is 0. The summed E-state index contributed by atoms with van der Waals surface area (Å²) in [6, 6.07) is 0. The van der Waals surface area contributed by atoms with Gasteiger partial charge in [-0.05, 0) is 12.8 Å². The molecule has 0 aromatic rings. The molecular formula is C6H10Cl2. The van der Waals surface area contributed by atoms with Crippen molar-refractivity contribution >= 4 is 23.2 Å². The number of halogens is 2. The Labute approximate surface area is 60.5 Å². The first-order valence-corrected chi connectivity index (χ1v) is 3.57. The molecule has 0 saturated carbocycles. The average molecular weight is 153 g/mol. The molecule has 0 atom stereocenters. The summed E-state index contributed by atoms with van der Waals surface area (Å²) in [6.45, 7) is 2.12. The van der Waals surface area contributed by atoms with Crippen molar-refractivity contribution in [2.24, 2.45) is 0 Å². The van der Waals surface area contributed by atoms with Crippen LogP contribution in [0.1, 0.15) is 26.2 Å². The van der Waals surface area contributed by atoms with Crippen molar-refractivity contribution in [3.8, 4) is 0 Å². The first-order valence-electron chi connectivity index (χ1n) is 2.76. The highest BCUT2D eigenvalue weighted by Crippen LogP contribution is 2.11. The second-order valence-electron chi connectivity index (χ2n) is 1.66. The lowest BCUT2D eigenvalue weighted by Crippen LogP contribution is -1.70. The van der Waals surface area contributed by atoms with E-state index in [-0.39, 0.29) is 0 Å². The molecule has 0 unspecified atom stereocenters. The van der Waals surface area contributed by atoms with E-state index in [2.05, 4.69) is 6.92 Å². The summed E-state index contributed by atoms with van der Waals surface area (Å²) in [5.41, 5.74) is 1.43. The Hall–Kier alpha value is 0.320. The van der Waals surface area contributed by atoms with E-state index in [0.29, 0.717) is 0 Å². The van der Waals surface area contributed by atoms with E-state index in [9.17, 15) is 0 Å². The van der Waals surface area contributed by atoms with Gasteiger partial charge < -0.3 is 0 Å². The highest BCUT2D eigenvalue weighted by atomic mass is 35.5. The largest absolute Gasteiger partial charge is 0.0917 e. The van der Waals surface area contributed by atoms with Crippen LogP contribution in [0.15, 0.2) is 10.6 Å². The lowest BCUT2D eigenvalue weighted by atomic mass is 10.2. The maximum Gasteiger partial charge on any atom is 0.0293 e. The first-order chi connectivity index (χ1) is 3.81. The third kappa shape index (κ3) is 4.48. The predicted octanol–water partition coefficient (Wildman–Crippen LogP) is 3.50. The Kier molecular flexibility index (Phi) is 5.67. The van der Waals surface area contributed by atoms with Crippen LogP contribution < -0.4 is 0 Å². The van der Waals surface area contributed by atoms with Crippen molar-refractivity contribution in [3.63, 3.8) is 0 Å². The van der Waals surface area contributed by atoms with Crippen LogP contribution in [0.25, 0.3) is 0 Å². The molecule has 8 heavy (non-hydrogen) atoms. The molecule has 0 aromatic heterocycles. The van der Waals surface area contributed by atoms with Crippen molar-refractivity contribution in [2.75, 3.05) is 0 Å². The number of allylic oxidation sites excluding steroid dienone is 1. The van der Waals surface area contributed by atoms with Gasteiger partial charge in [0.1, 0.15) is 0 Å².